The number of aryl methyl sites for hydroxylation is 1. The van der Waals surface area contributed by atoms with E-state index in [4.69, 9.17) is 11.6 Å². The second-order valence-corrected chi connectivity index (χ2v) is 4.29. The van der Waals surface area contributed by atoms with E-state index in [9.17, 15) is 0 Å². The third kappa shape index (κ3) is 2.04. The highest BCUT2D eigenvalue weighted by Gasteiger charge is 2.22. The van der Waals surface area contributed by atoms with Gasteiger partial charge in [0.2, 0.25) is 5.28 Å². The molecule has 0 N–H and O–H groups in total. The van der Waals surface area contributed by atoms with Crippen LogP contribution in [0.25, 0.3) is 0 Å². The standard InChI is InChI=1S/C10H14ClN3/c1-7-5-9(13-10(11)12-7)8-3-4-14(2)6-8/h5,8H,3-4,6H2,1-2H3. The number of hydrogen-bond acceptors (Lipinski definition) is 3. The van der Waals surface area contributed by atoms with Crippen LogP contribution in [0.5, 0.6) is 0 Å². The van der Waals surface area contributed by atoms with Gasteiger partial charge in [0.1, 0.15) is 0 Å². The van der Waals surface area contributed by atoms with Crippen molar-refractivity contribution in [3.8, 4) is 0 Å². The molecule has 14 heavy (non-hydrogen) atoms. The summed E-state index contributed by atoms with van der Waals surface area (Å²) in [6.07, 6.45) is 1.17. The summed E-state index contributed by atoms with van der Waals surface area (Å²) in [7, 11) is 2.13. The van der Waals surface area contributed by atoms with Gasteiger partial charge in [-0.15, -0.1) is 0 Å². The highest BCUT2D eigenvalue weighted by molar-refractivity contribution is 6.28. The van der Waals surface area contributed by atoms with E-state index in [1.807, 2.05) is 13.0 Å². The Balaban J connectivity index is 2.23. The number of likely N-dealkylation sites (tertiary alicyclic amines) is 1. The van der Waals surface area contributed by atoms with Gasteiger partial charge in [-0.05, 0) is 44.6 Å². The SMILES string of the molecule is Cc1cc(C2CCN(C)C2)nc(Cl)n1. The van der Waals surface area contributed by atoms with Crippen molar-refractivity contribution in [2.45, 2.75) is 19.3 Å². The molecule has 1 aliphatic heterocycles. The van der Waals surface area contributed by atoms with E-state index in [-0.39, 0.29) is 0 Å². The molecule has 0 aromatic carbocycles. The Morgan fingerprint density at radius 2 is 2.29 bits per heavy atom. The van der Waals surface area contributed by atoms with Crippen LogP contribution >= 0.6 is 11.6 Å². The largest absolute Gasteiger partial charge is 0.306 e. The van der Waals surface area contributed by atoms with Crippen molar-refractivity contribution >= 4 is 11.6 Å². The fraction of sp³-hybridized carbons (Fsp3) is 0.600. The predicted molar refractivity (Wildman–Crippen MR) is 56.6 cm³/mol. The zero-order valence-corrected chi connectivity index (χ0v) is 9.25. The maximum Gasteiger partial charge on any atom is 0.222 e. The molecule has 1 fully saturated rings. The number of rotatable bonds is 1. The van der Waals surface area contributed by atoms with Crippen LogP contribution in [0.3, 0.4) is 0 Å². The maximum atomic E-state index is 5.83. The molecular formula is C10H14ClN3. The zero-order chi connectivity index (χ0) is 10.1. The molecule has 1 atom stereocenters. The fourth-order valence-electron chi connectivity index (χ4n) is 1.94. The van der Waals surface area contributed by atoms with Crippen molar-refractivity contribution < 1.29 is 0 Å². The molecule has 3 nitrogen and oxygen atoms in total. The van der Waals surface area contributed by atoms with Crippen LogP contribution in [0.4, 0.5) is 0 Å². The van der Waals surface area contributed by atoms with E-state index in [2.05, 4.69) is 21.9 Å². The lowest BCUT2D eigenvalue weighted by atomic mass is 10.0. The quantitative estimate of drug-likeness (QED) is 0.664. The molecule has 1 saturated heterocycles. The summed E-state index contributed by atoms with van der Waals surface area (Å²) in [5.74, 6) is 0.527. The average Bonchev–Trinajstić information content (AvgIpc) is 2.50. The average molecular weight is 212 g/mol. The van der Waals surface area contributed by atoms with Gasteiger partial charge in [-0.2, -0.15) is 0 Å². The molecule has 0 aliphatic carbocycles. The lowest BCUT2D eigenvalue weighted by Crippen LogP contribution is -2.14. The molecule has 2 heterocycles. The number of aromatic nitrogens is 2. The normalized spacial score (nSPS) is 22.9. The van der Waals surface area contributed by atoms with E-state index in [0.29, 0.717) is 11.2 Å². The van der Waals surface area contributed by atoms with Gasteiger partial charge in [-0.1, -0.05) is 0 Å². The molecule has 2 rings (SSSR count). The van der Waals surface area contributed by atoms with Crippen molar-refractivity contribution in [3.63, 3.8) is 0 Å². The number of hydrogen-bond donors (Lipinski definition) is 0. The van der Waals surface area contributed by atoms with Crippen molar-refractivity contribution in [2.75, 3.05) is 20.1 Å². The van der Waals surface area contributed by atoms with E-state index >= 15 is 0 Å². The summed E-state index contributed by atoms with van der Waals surface area (Å²) in [6.45, 7) is 4.17. The van der Waals surface area contributed by atoms with Crippen molar-refractivity contribution in [1.82, 2.24) is 14.9 Å². The highest BCUT2D eigenvalue weighted by Crippen LogP contribution is 2.25. The second kappa shape index (κ2) is 3.83. The highest BCUT2D eigenvalue weighted by atomic mass is 35.5. The van der Waals surface area contributed by atoms with Crippen LogP contribution in [-0.2, 0) is 0 Å². The van der Waals surface area contributed by atoms with E-state index < -0.39 is 0 Å². The van der Waals surface area contributed by atoms with Crippen LogP contribution in [0.1, 0.15) is 23.7 Å². The number of likely N-dealkylation sites (N-methyl/N-ethyl adjacent to an activating group) is 1. The van der Waals surface area contributed by atoms with Crippen LogP contribution in [0.15, 0.2) is 6.07 Å². The Morgan fingerprint density at radius 3 is 2.86 bits per heavy atom. The number of nitrogens with zero attached hydrogens (tertiary/aromatic N) is 3. The minimum Gasteiger partial charge on any atom is -0.306 e. The summed E-state index contributed by atoms with van der Waals surface area (Å²) in [5, 5.41) is 0.370. The van der Waals surface area contributed by atoms with E-state index in [1.165, 1.54) is 6.42 Å². The topological polar surface area (TPSA) is 29.0 Å². The maximum absolute atomic E-state index is 5.83. The van der Waals surface area contributed by atoms with E-state index in [0.717, 1.165) is 24.5 Å². The molecule has 1 aliphatic rings. The first kappa shape index (κ1) is 9.87. The molecule has 76 valence electrons. The third-order valence-corrected chi connectivity index (χ3v) is 2.83. The van der Waals surface area contributed by atoms with Gasteiger partial charge in [0.25, 0.3) is 0 Å². The zero-order valence-electron chi connectivity index (χ0n) is 8.50. The Kier molecular flexibility index (Phi) is 2.70. The lowest BCUT2D eigenvalue weighted by Gasteiger charge is -2.10. The monoisotopic (exact) mass is 211 g/mol. The predicted octanol–water partition coefficient (Wildman–Crippen LogP) is 1.86. The Labute approximate surface area is 89.1 Å². The van der Waals surface area contributed by atoms with Gasteiger partial charge >= 0.3 is 0 Å². The van der Waals surface area contributed by atoms with Crippen LogP contribution < -0.4 is 0 Å². The minimum absolute atomic E-state index is 0.370. The van der Waals surface area contributed by atoms with E-state index in [1.54, 1.807) is 0 Å². The van der Waals surface area contributed by atoms with Gasteiger partial charge in [0.05, 0.1) is 5.69 Å². The van der Waals surface area contributed by atoms with Crippen LogP contribution in [0, 0.1) is 6.92 Å². The summed E-state index contributed by atoms with van der Waals surface area (Å²) >= 11 is 5.83. The Morgan fingerprint density at radius 1 is 1.50 bits per heavy atom. The number of halogens is 1. The van der Waals surface area contributed by atoms with Crippen molar-refractivity contribution in [2.24, 2.45) is 0 Å². The Hall–Kier alpha value is -0.670. The fourth-order valence-corrected chi connectivity index (χ4v) is 2.17. The first-order chi connectivity index (χ1) is 6.65. The van der Waals surface area contributed by atoms with Gasteiger partial charge in [-0.25, -0.2) is 9.97 Å². The molecule has 0 bridgehead atoms. The molecule has 1 aromatic rings. The molecule has 1 aromatic heterocycles. The molecule has 1 unspecified atom stereocenters. The molecule has 4 heteroatoms. The summed E-state index contributed by atoms with van der Waals surface area (Å²) in [6, 6.07) is 2.04. The summed E-state index contributed by atoms with van der Waals surface area (Å²) in [4.78, 5) is 10.7. The smallest absolute Gasteiger partial charge is 0.222 e. The third-order valence-electron chi connectivity index (χ3n) is 2.66. The summed E-state index contributed by atoms with van der Waals surface area (Å²) < 4.78 is 0. The minimum atomic E-state index is 0.370. The van der Waals surface area contributed by atoms with Gasteiger partial charge in [0, 0.05) is 18.2 Å². The molecule has 0 saturated carbocycles. The molecule has 0 radical (unpaired) electrons. The summed E-state index contributed by atoms with van der Waals surface area (Å²) in [5.41, 5.74) is 2.04. The molecule has 0 spiro atoms. The van der Waals surface area contributed by atoms with Crippen LogP contribution in [0.2, 0.25) is 5.28 Å². The van der Waals surface area contributed by atoms with Crippen molar-refractivity contribution in [1.29, 1.82) is 0 Å². The molecule has 0 amide bonds. The van der Waals surface area contributed by atoms with Crippen molar-refractivity contribution in [3.05, 3.63) is 22.7 Å². The van der Waals surface area contributed by atoms with Crippen LogP contribution in [-0.4, -0.2) is 35.0 Å². The first-order valence-electron chi connectivity index (χ1n) is 4.85. The van der Waals surface area contributed by atoms with Gasteiger partial charge < -0.3 is 4.90 Å². The molecular weight excluding hydrogens is 198 g/mol. The lowest BCUT2D eigenvalue weighted by molar-refractivity contribution is 0.410. The van der Waals surface area contributed by atoms with Gasteiger partial charge in [0.15, 0.2) is 0 Å². The van der Waals surface area contributed by atoms with Gasteiger partial charge in [-0.3, -0.25) is 0 Å². The Bertz CT molecular complexity index is 320. The second-order valence-electron chi connectivity index (χ2n) is 3.95. The first-order valence-corrected chi connectivity index (χ1v) is 5.22.